The molecule has 2 atom stereocenters. The van der Waals surface area contributed by atoms with Crippen molar-refractivity contribution in [1.82, 2.24) is 19.4 Å². The lowest BCUT2D eigenvalue weighted by Gasteiger charge is -2.38. The molecule has 4 aromatic rings. The highest BCUT2D eigenvalue weighted by atomic mass is 35.5. The molecular formula is C32H32ClFN6O4. The SMILES string of the molecule is COC(=O)c1ccc2nc([C@H](C)N3CCN(c4cc(Cl)cc(OCc5ccc(C#N)cc5F)n4)CC3)n(CC3CCO3)c2c1. The lowest BCUT2D eigenvalue weighted by molar-refractivity contribution is -0.0594. The van der Waals surface area contributed by atoms with Crippen molar-refractivity contribution in [3.8, 4) is 11.9 Å². The summed E-state index contributed by atoms with van der Waals surface area (Å²) in [5.74, 6) is 1.02. The second-order valence-electron chi connectivity index (χ2n) is 10.9. The van der Waals surface area contributed by atoms with Crippen LogP contribution in [-0.2, 0) is 22.6 Å². The predicted molar refractivity (Wildman–Crippen MR) is 162 cm³/mol. The smallest absolute Gasteiger partial charge is 0.337 e. The van der Waals surface area contributed by atoms with Crippen molar-refractivity contribution >= 4 is 34.4 Å². The molecule has 0 N–H and O–H groups in total. The quantitative estimate of drug-likeness (QED) is 0.236. The summed E-state index contributed by atoms with van der Waals surface area (Å²) >= 11 is 6.42. The minimum atomic E-state index is -0.505. The van der Waals surface area contributed by atoms with Gasteiger partial charge in [-0.3, -0.25) is 4.90 Å². The molecule has 6 rings (SSSR count). The zero-order valence-corrected chi connectivity index (χ0v) is 25.3. The van der Waals surface area contributed by atoms with Crippen LogP contribution in [0.2, 0.25) is 5.02 Å². The predicted octanol–water partition coefficient (Wildman–Crippen LogP) is 5.13. The molecule has 2 saturated heterocycles. The first-order chi connectivity index (χ1) is 21.3. The van der Waals surface area contributed by atoms with Crippen molar-refractivity contribution in [2.24, 2.45) is 0 Å². The third kappa shape index (κ3) is 6.19. The molecular weight excluding hydrogens is 587 g/mol. The van der Waals surface area contributed by atoms with Gasteiger partial charge in [0.2, 0.25) is 5.88 Å². The van der Waals surface area contributed by atoms with Crippen LogP contribution >= 0.6 is 11.6 Å². The van der Waals surface area contributed by atoms with Crippen LogP contribution in [0.3, 0.4) is 0 Å². The summed E-state index contributed by atoms with van der Waals surface area (Å²) in [5, 5.41) is 9.44. The number of methoxy groups -OCH3 is 1. The summed E-state index contributed by atoms with van der Waals surface area (Å²) in [7, 11) is 1.38. The first kappa shape index (κ1) is 29.8. The number of carbonyl (C=O) groups excluding carboxylic acids is 1. The van der Waals surface area contributed by atoms with Crippen molar-refractivity contribution < 1.29 is 23.4 Å². The Balaban J connectivity index is 1.15. The van der Waals surface area contributed by atoms with Crippen molar-refractivity contribution in [3.63, 3.8) is 0 Å². The molecule has 2 aromatic heterocycles. The van der Waals surface area contributed by atoms with Gasteiger partial charge in [0, 0.05) is 49.4 Å². The standard InChI is InChI=1S/C32H32ClFN6O4/c1-20(31-36-27-6-5-22(32(41)42-2)14-28(27)40(31)18-25-7-12-43-25)38-8-10-39(11-9-38)29-15-24(33)16-30(37-29)44-19-23-4-3-21(17-35)13-26(23)34/h3-6,13-16,20,25H,7-12,18-19H2,1-2H3/t20-,25?/m0/s1. The second-order valence-corrected chi connectivity index (χ2v) is 11.4. The van der Waals surface area contributed by atoms with E-state index >= 15 is 0 Å². The number of esters is 1. The molecule has 0 radical (unpaired) electrons. The van der Waals surface area contributed by atoms with Crippen molar-refractivity contribution in [3.05, 3.63) is 81.9 Å². The summed E-state index contributed by atoms with van der Waals surface area (Å²) in [4.78, 5) is 26.4. The van der Waals surface area contributed by atoms with Crippen LogP contribution in [0, 0.1) is 17.1 Å². The number of hydrogen-bond acceptors (Lipinski definition) is 9. The van der Waals surface area contributed by atoms with Crippen LogP contribution in [0.1, 0.15) is 46.7 Å². The number of hydrogen-bond donors (Lipinski definition) is 0. The topological polar surface area (TPSA) is 106 Å². The van der Waals surface area contributed by atoms with Gasteiger partial charge in [-0.05, 0) is 49.7 Å². The number of pyridine rings is 1. The number of fused-ring (bicyclic) bond motifs is 1. The maximum Gasteiger partial charge on any atom is 0.337 e. The van der Waals surface area contributed by atoms with E-state index < -0.39 is 5.82 Å². The third-order valence-corrected chi connectivity index (χ3v) is 8.47. The highest BCUT2D eigenvalue weighted by molar-refractivity contribution is 6.30. The van der Waals surface area contributed by atoms with Gasteiger partial charge in [-0.25, -0.2) is 14.2 Å². The number of ether oxygens (including phenoxy) is 3. The van der Waals surface area contributed by atoms with Gasteiger partial charge in [-0.15, -0.1) is 0 Å². The Labute approximate surface area is 259 Å². The van der Waals surface area contributed by atoms with Gasteiger partial charge >= 0.3 is 5.97 Å². The average molecular weight is 619 g/mol. The van der Waals surface area contributed by atoms with Gasteiger partial charge in [0.05, 0.1) is 54.0 Å². The number of anilines is 1. The number of imidazole rings is 1. The van der Waals surface area contributed by atoms with Gasteiger partial charge in [0.25, 0.3) is 0 Å². The Bertz CT molecular complexity index is 1730. The fourth-order valence-corrected chi connectivity index (χ4v) is 5.80. The van der Waals surface area contributed by atoms with E-state index in [0.717, 1.165) is 43.0 Å². The fourth-order valence-electron chi connectivity index (χ4n) is 5.61. The number of halogens is 2. The average Bonchev–Trinajstić information content (AvgIpc) is 3.38. The van der Waals surface area contributed by atoms with E-state index in [2.05, 4.69) is 26.3 Å². The lowest BCUT2D eigenvalue weighted by Crippen LogP contribution is -2.48. The molecule has 0 aliphatic carbocycles. The van der Waals surface area contributed by atoms with Crippen LogP contribution in [-0.4, -0.2) is 71.4 Å². The first-order valence-electron chi connectivity index (χ1n) is 14.5. The Hall–Kier alpha value is -4.24. The molecule has 0 amide bonds. The van der Waals surface area contributed by atoms with Gasteiger partial charge in [0.1, 0.15) is 24.1 Å². The summed E-state index contributed by atoms with van der Waals surface area (Å²) in [5.41, 5.74) is 2.78. The van der Waals surface area contributed by atoms with Gasteiger partial charge < -0.3 is 23.7 Å². The fraction of sp³-hybridized carbons (Fsp3) is 0.375. The summed E-state index contributed by atoms with van der Waals surface area (Å²) in [6, 6.07) is 15.1. The van der Waals surface area contributed by atoms with E-state index in [1.54, 1.807) is 24.3 Å². The summed E-state index contributed by atoms with van der Waals surface area (Å²) in [6.45, 7) is 6.49. The number of carbonyl (C=O) groups is 1. The molecule has 2 fully saturated rings. The number of piperazine rings is 1. The molecule has 0 spiro atoms. The Morgan fingerprint density at radius 2 is 1.95 bits per heavy atom. The van der Waals surface area contributed by atoms with E-state index in [9.17, 15) is 9.18 Å². The Morgan fingerprint density at radius 3 is 2.64 bits per heavy atom. The van der Waals surface area contributed by atoms with E-state index in [-0.39, 0.29) is 30.3 Å². The van der Waals surface area contributed by atoms with Crippen LogP contribution in [0.5, 0.6) is 5.88 Å². The zero-order valence-electron chi connectivity index (χ0n) is 24.5. The normalized spacial score (nSPS) is 17.6. The van der Waals surface area contributed by atoms with Crippen LogP contribution < -0.4 is 9.64 Å². The number of rotatable bonds is 9. The minimum absolute atomic E-state index is 0.0136. The van der Waals surface area contributed by atoms with E-state index in [1.165, 1.54) is 19.2 Å². The number of nitrogens with zero attached hydrogens (tertiary/aromatic N) is 6. The maximum absolute atomic E-state index is 14.3. The molecule has 44 heavy (non-hydrogen) atoms. The summed E-state index contributed by atoms with van der Waals surface area (Å²) < 4.78 is 33.0. The monoisotopic (exact) mass is 618 g/mol. The second kappa shape index (κ2) is 12.8. The minimum Gasteiger partial charge on any atom is -0.473 e. The third-order valence-electron chi connectivity index (χ3n) is 8.25. The van der Waals surface area contributed by atoms with E-state index in [1.807, 2.05) is 18.2 Å². The highest BCUT2D eigenvalue weighted by Crippen LogP contribution is 2.30. The van der Waals surface area contributed by atoms with Crippen LogP contribution in [0.15, 0.2) is 48.5 Å². The molecule has 1 unspecified atom stereocenters. The number of benzene rings is 2. The summed E-state index contributed by atoms with van der Waals surface area (Å²) in [6.07, 6.45) is 1.11. The maximum atomic E-state index is 14.3. The molecule has 4 heterocycles. The first-order valence-corrected chi connectivity index (χ1v) is 14.9. The van der Waals surface area contributed by atoms with Crippen molar-refractivity contribution in [2.75, 3.05) is 44.8 Å². The van der Waals surface area contributed by atoms with Gasteiger partial charge in [0.15, 0.2) is 0 Å². The van der Waals surface area contributed by atoms with E-state index in [4.69, 9.17) is 36.1 Å². The zero-order chi connectivity index (χ0) is 30.8. The molecule has 228 valence electrons. The highest BCUT2D eigenvalue weighted by Gasteiger charge is 2.29. The van der Waals surface area contributed by atoms with Crippen LogP contribution in [0.25, 0.3) is 11.0 Å². The molecule has 0 saturated carbocycles. The number of nitriles is 1. The Morgan fingerprint density at radius 1 is 1.16 bits per heavy atom. The van der Waals surface area contributed by atoms with Gasteiger partial charge in [-0.2, -0.15) is 10.2 Å². The molecule has 10 nitrogen and oxygen atoms in total. The van der Waals surface area contributed by atoms with Gasteiger partial charge in [-0.1, -0.05) is 17.7 Å². The Kier molecular flexibility index (Phi) is 8.66. The van der Waals surface area contributed by atoms with Crippen molar-refractivity contribution in [1.29, 1.82) is 5.26 Å². The number of aromatic nitrogens is 3. The molecule has 2 aliphatic rings. The largest absolute Gasteiger partial charge is 0.473 e. The molecule has 12 heteroatoms. The van der Waals surface area contributed by atoms with Crippen molar-refractivity contribution in [2.45, 2.75) is 38.6 Å². The molecule has 0 bridgehead atoms. The molecule has 2 aromatic carbocycles. The van der Waals surface area contributed by atoms with E-state index in [0.29, 0.717) is 47.5 Å². The lowest BCUT2D eigenvalue weighted by atomic mass is 10.1. The molecule has 2 aliphatic heterocycles. The van der Waals surface area contributed by atoms with Crippen LogP contribution in [0.4, 0.5) is 10.2 Å².